The highest BCUT2D eigenvalue weighted by molar-refractivity contribution is 5.94. The summed E-state index contributed by atoms with van der Waals surface area (Å²) in [6.45, 7) is 18.3. The van der Waals surface area contributed by atoms with Crippen LogP contribution < -0.4 is 15.4 Å². The molecule has 1 unspecified atom stereocenters. The molecular weight excluding hydrogens is 577 g/mol. The highest BCUT2D eigenvalue weighted by Crippen LogP contribution is 2.39. The number of amides is 2. The Labute approximate surface area is 276 Å². The van der Waals surface area contributed by atoms with Gasteiger partial charge in [0.15, 0.2) is 0 Å². The first kappa shape index (κ1) is 38.2. The summed E-state index contributed by atoms with van der Waals surface area (Å²) in [4.78, 5) is 26.5. The number of halogens is 1. The van der Waals surface area contributed by atoms with E-state index in [2.05, 4.69) is 53.3 Å². The van der Waals surface area contributed by atoms with Crippen LogP contribution in [0.2, 0.25) is 0 Å². The van der Waals surface area contributed by atoms with E-state index in [0.717, 1.165) is 30.9 Å². The molecule has 7 heteroatoms. The minimum atomic E-state index is -0.451. The van der Waals surface area contributed by atoms with E-state index < -0.39 is 6.10 Å². The van der Waals surface area contributed by atoms with E-state index in [1.165, 1.54) is 36.1 Å². The lowest BCUT2D eigenvalue weighted by molar-refractivity contribution is -0.116. The number of nitrogens with zero attached hydrogens (tertiary/aromatic N) is 1. The monoisotopic (exact) mass is 631 g/mol. The largest absolute Gasteiger partial charge is 0.484 e. The van der Waals surface area contributed by atoms with Crippen molar-refractivity contribution < 1.29 is 18.7 Å². The quantitative estimate of drug-likeness (QED) is 0.157. The molecule has 0 saturated heterocycles. The molecule has 1 aliphatic rings. The average Bonchev–Trinajstić information content (AvgIpc) is 3.94. The first-order valence-corrected chi connectivity index (χ1v) is 16.9. The van der Waals surface area contributed by atoms with E-state index in [1.807, 2.05) is 33.8 Å². The molecule has 1 atom stereocenters. The Morgan fingerprint density at radius 1 is 0.957 bits per heavy atom. The smallest absolute Gasteiger partial charge is 0.251 e. The molecule has 1 fully saturated rings. The van der Waals surface area contributed by atoms with Crippen LogP contribution in [-0.4, -0.2) is 49.4 Å². The molecule has 46 heavy (non-hydrogen) atoms. The fraction of sp³-hybridized carbons (Fsp3) is 0.436. The van der Waals surface area contributed by atoms with Crippen molar-refractivity contribution in [3.8, 4) is 5.75 Å². The minimum absolute atomic E-state index is 0.135. The Kier molecular flexibility index (Phi) is 17.4. The molecule has 4 rings (SSSR count). The van der Waals surface area contributed by atoms with E-state index in [4.69, 9.17) is 4.74 Å². The van der Waals surface area contributed by atoms with Gasteiger partial charge in [-0.15, -0.1) is 0 Å². The van der Waals surface area contributed by atoms with Crippen molar-refractivity contribution in [2.75, 3.05) is 32.7 Å². The van der Waals surface area contributed by atoms with Gasteiger partial charge in [-0.1, -0.05) is 77.6 Å². The topological polar surface area (TPSA) is 70.7 Å². The van der Waals surface area contributed by atoms with Crippen LogP contribution in [0.1, 0.15) is 98.5 Å². The molecule has 0 heterocycles. The fourth-order valence-corrected chi connectivity index (χ4v) is 4.92. The van der Waals surface area contributed by atoms with E-state index in [-0.39, 0.29) is 17.6 Å². The molecule has 6 nitrogen and oxygen atoms in total. The Balaban J connectivity index is 0.00000177. The number of carbonyl (C=O) groups is 2. The van der Waals surface area contributed by atoms with Gasteiger partial charge in [0.25, 0.3) is 5.91 Å². The number of hydrogen-bond acceptors (Lipinski definition) is 4. The third-order valence-electron chi connectivity index (χ3n) is 7.57. The Bertz CT molecular complexity index is 1340. The van der Waals surface area contributed by atoms with Crippen molar-refractivity contribution in [2.45, 2.75) is 79.2 Å². The summed E-state index contributed by atoms with van der Waals surface area (Å²) in [7, 11) is 0. The number of ether oxygens (including phenoxy) is 1. The van der Waals surface area contributed by atoms with Gasteiger partial charge in [-0.3, -0.25) is 14.5 Å². The Morgan fingerprint density at radius 3 is 2.22 bits per heavy atom. The summed E-state index contributed by atoms with van der Waals surface area (Å²) in [5.41, 5.74) is 4.47. The molecule has 1 saturated carbocycles. The zero-order chi connectivity index (χ0) is 33.9. The predicted molar refractivity (Wildman–Crippen MR) is 188 cm³/mol. The second-order valence-electron chi connectivity index (χ2n) is 11.0. The maximum Gasteiger partial charge on any atom is 0.251 e. The van der Waals surface area contributed by atoms with Gasteiger partial charge in [-0.2, -0.15) is 0 Å². The molecule has 3 aromatic rings. The van der Waals surface area contributed by atoms with Crippen molar-refractivity contribution in [3.63, 3.8) is 0 Å². The zero-order valence-electron chi connectivity index (χ0n) is 28.7. The van der Waals surface area contributed by atoms with E-state index >= 15 is 0 Å². The molecule has 0 radical (unpaired) electrons. The first-order valence-electron chi connectivity index (χ1n) is 16.9. The molecule has 0 bridgehead atoms. The van der Waals surface area contributed by atoms with Gasteiger partial charge in [0, 0.05) is 31.7 Å². The highest BCUT2D eigenvalue weighted by Gasteiger charge is 2.23. The lowest BCUT2D eigenvalue weighted by atomic mass is 10.1. The third kappa shape index (κ3) is 12.8. The number of rotatable bonds is 16. The second-order valence-corrected chi connectivity index (χ2v) is 11.0. The van der Waals surface area contributed by atoms with Crippen molar-refractivity contribution in [2.24, 2.45) is 0 Å². The SMILES string of the molecule is C=CC(=O)NCCN(CCC)CC(Oc1ccc(C(=O)NCCc2ccc(C3CC3)cc2)cc1)c1ccc(C)c(F)c1.CC.CC. The maximum atomic E-state index is 14.5. The number of aryl methyl sites for hydroxylation is 1. The lowest BCUT2D eigenvalue weighted by Gasteiger charge is -2.28. The minimum Gasteiger partial charge on any atom is -0.484 e. The van der Waals surface area contributed by atoms with Gasteiger partial charge in [-0.05, 0) is 104 Å². The molecule has 0 aliphatic heterocycles. The molecule has 0 spiro atoms. The van der Waals surface area contributed by atoms with Crippen LogP contribution in [0, 0.1) is 12.7 Å². The van der Waals surface area contributed by atoms with Gasteiger partial charge < -0.3 is 15.4 Å². The van der Waals surface area contributed by atoms with Crippen LogP contribution in [-0.2, 0) is 11.2 Å². The van der Waals surface area contributed by atoms with Gasteiger partial charge in [0.1, 0.15) is 17.7 Å². The third-order valence-corrected chi connectivity index (χ3v) is 7.57. The van der Waals surface area contributed by atoms with E-state index in [1.54, 1.807) is 37.3 Å². The lowest BCUT2D eigenvalue weighted by Crippen LogP contribution is -2.38. The van der Waals surface area contributed by atoms with Crippen LogP contribution in [0.3, 0.4) is 0 Å². The van der Waals surface area contributed by atoms with E-state index in [9.17, 15) is 14.0 Å². The van der Waals surface area contributed by atoms with Crippen molar-refractivity contribution >= 4 is 11.8 Å². The maximum absolute atomic E-state index is 14.5. The molecule has 1 aliphatic carbocycles. The van der Waals surface area contributed by atoms with Crippen LogP contribution in [0.5, 0.6) is 5.75 Å². The van der Waals surface area contributed by atoms with Crippen LogP contribution in [0.15, 0.2) is 79.4 Å². The number of nitrogens with one attached hydrogen (secondary N) is 2. The van der Waals surface area contributed by atoms with Crippen molar-refractivity contribution in [1.29, 1.82) is 0 Å². The van der Waals surface area contributed by atoms with Crippen LogP contribution in [0.4, 0.5) is 4.39 Å². The summed E-state index contributed by atoms with van der Waals surface area (Å²) in [5.74, 6) is 0.693. The first-order chi connectivity index (χ1) is 22.4. The van der Waals surface area contributed by atoms with Crippen molar-refractivity contribution in [3.05, 3.63) is 113 Å². The zero-order valence-corrected chi connectivity index (χ0v) is 28.7. The van der Waals surface area contributed by atoms with E-state index in [0.29, 0.717) is 43.1 Å². The highest BCUT2D eigenvalue weighted by atomic mass is 19.1. The molecule has 0 aromatic heterocycles. The van der Waals surface area contributed by atoms with Crippen LogP contribution >= 0.6 is 0 Å². The Hall–Kier alpha value is -3.97. The molecule has 2 amide bonds. The Morgan fingerprint density at radius 2 is 1.63 bits per heavy atom. The molecule has 250 valence electrons. The fourth-order valence-electron chi connectivity index (χ4n) is 4.92. The molecule has 2 N–H and O–H groups in total. The van der Waals surface area contributed by atoms with Gasteiger partial charge >= 0.3 is 0 Å². The molecular formula is C39H54FN3O3. The van der Waals surface area contributed by atoms with Gasteiger partial charge in [0.05, 0.1) is 0 Å². The van der Waals surface area contributed by atoms with Crippen molar-refractivity contribution in [1.82, 2.24) is 15.5 Å². The normalized spacial score (nSPS) is 12.5. The van der Waals surface area contributed by atoms with Crippen LogP contribution in [0.25, 0.3) is 0 Å². The summed E-state index contributed by atoms with van der Waals surface area (Å²) < 4.78 is 20.9. The average molecular weight is 632 g/mol. The predicted octanol–water partition coefficient (Wildman–Crippen LogP) is 8.17. The number of benzene rings is 3. The van der Waals surface area contributed by atoms with Gasteiger partial charge in [0.2, 0.25) is 5.91 Å². The number of carbonyl (C=O) groups excluding carboxylic acids is 2. The summed E-state index contributed by atoms with van der Waals surface area (Å²) in [5, 5.41) is 5.81. The standard InChI is InChI=1S/C35H42FN3O3.2C2H6/c1-4-21-39(22-20-37-34(40)5-2)24-33(30-9-6-25(3)32(36)23-30)42-31-16-14-29(15-17-31)35(41)38-19-18-26-7-10-27(11-8-26)28-12-13-28;2*1-2/h5-11,14-17,23,28,33H,2,4,12-13,18-22,24H2,1,3H3,(H,37,40)(H,38,41);2*1-2H3. The second kappa shape index (κ2) is 20.9. The van der Waals surface area contributed by atoms with Gasteiger partial charge in [-0.25, -0.2) is 4.39 Å². The molecule has 3 aromatic carbocycles. The summed E-state index contributed by atoms with van der Waals surface area (Å²) in [6.07, 6.45) is 5.08. The summed E-state index contributed by atoms with van der Waals surface area (Å²) in [6, 6.07) is 20.9. The summed E-state index contributed by atoms with van der Waals surface area (Å²) >= 11 is 0. The number of hydrogen-bond donors (Lipinski definition) is 2.